The first-order valence-corrected chi connectivity index (χ1v) is 7.06. The monoisotopic (exact) mass is 300 g/mol. The van der Waals surface area contributed by atoms with Gasteiger partial charge in [-0.15, -0.1) is 0 Å². The number of rotatable bonds is 7. The number of pyridine rings is 1. The molecular formula is C14H21ClN2O3. The van der Waals surface area contributed by atoms with Crippen molar-refractivity contribution >= 4 is 17.5 Å². The van der Waals surface area contributed by atoms with E-state index >= 15 is 0 Å². The summed E-state index contributed by atoms with van der Waals surface area (Å²) in [5.41, 5.74) is 0.391. The van der Waals surface area contributed by atoms with Crippen molar-refractivity contribution in [3.63, 3.8) is 0 Å². The predicted octanol–water partition coefficient (Wildman–Crippen LogP) is 2.27. The average molecular weight is 301 g/mol. The third-order valence-corrected chi connectivity index (χ3v) is 2.98. The first-order chi connectivity index (χ1) is 9.43. The van der Waals surface area contributed by atoms with Gasteiger partial charge in [0.1, 0.15) is 5.02 Å². The molecule has 1 heterocycles. The summed E-state index contributed by atoms with van der Waals surface area (Å²) in [6.07, 6.45) is 1.71. The van der Waals surface area contributed by atoms with E-state index in [2.05, 4.69) is 10.3 Å². The topological polar surface area (TPSA) is 71.5 Å². The second kappa shape index (κ2) is 8.07. The molecule has 5 nitrogen and oxygen atoms in total. The molecule has 0 spiro atoms. The maximum absolute atomic E-state index is 11.9. The van der Waals surface area contributed by atoms with Gasteiger partial charge in [0.2, 0.25) is 5.88 Å². The summed E-state index contributed by atoms with van der Waals surface area (Å²) >= 11 is 5.98. The number of aliphatic hydroxyl groups is 1. The number of hydrogen-bond donors (Lipinski definition) is 2. The third-order valence-electron chi connectivity index (χ3n) is 2.71. The van der Waals surface area contributed by atoms with Crippen molar-refractivity contribution in [2.45, 2.75) is 33.3 Å². The van der Waals surface area contributed by atoms with Crippen LogP contribution in [0, 0.1) is 5.92 Å². The molecule has 1 amide bonds. The standard InChI is InChI=1S/C14H21ClN2O3/c1-4-20-14-12(15)6-11(8-17-14)13(19)16-7-9(2)5-10(3)18/h6,8-10,18H,4-5,7H2,1-3H3,(H,16,19). The fourth-order valence-electron chi connectivity index (χ4n) is 1.83. The molecule has 0 aromatic carbocycles. The third kappa shape index (κ3) is 5.35. The SMILES string of the molecule is CCOc1ncc(C(=O)NCC(C)CC(C)O)cc1Cl. The molecule has 0 fully saturated rings. The Kier molecular flexibility index (Phi) is 6.75. The molecule has 2 unspecified atom stereocenters. The first kappa shape index (κ1) is 16.7. The van der Waals surface area contributed by atoms with Crippen LogP contribution >= 0.6 is 11.6 Å². The van der Waals surface area contributed by atoms with E-state index in [1.807, 2.05) is 13.8 Å². The number of carbonyl (C=O) groups excluding carboxylic acids is 1. The largest absolute Gasteiger partial charge is 0.477 e. The Hall–Kier alpha value is -1.33. The quantitative estimate of drug-likeness (QED) is 0.810. The van der Waals surface area contributed by atoms with E-state index in [1.54, 1.807) is 6.92 Å². The van der Waals surface area contributed by atoms with Crippen LogP contribution in [0.3, 0.4) is 0 Å². The fourth-order valence-corrected chi connectivity index (χ4v) is 2.05. The van der Waals surface area contributed by atoms with Crippen LogP contribution in [0.4, 0.5) is 0 Å². The molecule has 0 bridgehead atoms. The van der Waals surface area contributed by atoms with Crippen LogP contribution in [0.15, 0.2) is 12.3 Å². The zero-order valence-corrected chi connectivity index (χ0v) is 12.8. The van der Waals surface area contributed by atoms with E-state index in [4.69, 9.17) is 16.3 Å². The molecule has 0 aliphatic rings. The minimum Gasteiger partial charge on any atom is -0.477 e. The van der Waals surface area contributed by atoms with Crippen LogP contribution in [0.2, 0.25) is 5.02 Å². The van der Waals surface area contributed by atoms with E-state index in [-0.39, 0.29) is 17.9 Å². The molecule has 0 aliphatic heterocycles. The van der Waals surface area contributed by atoms with Crippen molar-refractivity contribution in [3.05, 3.63) is 22.8 Å². The van der Waals surface area contributed by atoms with Crippen molar-refractivity contribution in [1.82, 2.24) is 10.3 Å². The summed E-state index contributed by atoms with van der Waals surface area (Å²) in [5, 5.41) is 12.4. The zero-order chi connectivity index (χ0) is 15.1. The van der Waals surface area contributed by atoms with E-state index < -0.39 is 0 Å². The molecule has 0 aliphatic carbocycles. The molecule has 0 radical (unpaired) electrons. The van der Waals surface area contributed by atoms with Crippen LogP contribution in [-0.4, -0.2) is 35.3 Å². The van der Waals surface area contributed by atoms with Crippen molar-refractivity contribution in [3.8, 4) is 5.88 Å². The minimum atomic E-state index is -0.372. The predicted molar refractivity (Wildman–Crippen MR) is 78.2 cm³/mol. The Balaban J connectivity index is 2.57. The highest BCUT2D eigenvalue weighted by molar-refractivity contribution is 6.32. The van der Waals surface area contributed by atoms with Gasteiger partial charge in [0.15, 0.2) is 0 Å². The summed E-state index contributed by atoms with van der Waals surface area (Å²) in [6, 6.07) is 1.54. The number of ether oxygens (including phenoxy) is 1. The van der Waals surface area contributed by atoms with Gasteiger partial charge >= 0.3 is 0 Å². The van der Waals surface area contributed by atoms with Gasteiger partial charge < -0.3 is 15.2 Å². The van der Waals surface area contributed by atoms with Gasteiger partial charge in [-0.05, 0) is 32.3 Å². The summed E-state index contributed by atoms with van der Waals surface area (Å²) in [4.78, 5) is 16.0. The number of nitrogens with one attached hydrogen (secondary N) is 1. The number of amides is 1. The van der Waals surface area contributed by atoms with Crippen LogP contribution in [-0.2, 0) is 0 Å². The molecule has 0 saturated carbocycles. The summed E-state index contributed by atoms with van der Waals surface area (Å²) < 4.78 is 5.21. The minimum absolute atomic E-state index is 0.199. The van der Waals surface area contributed by atoms with Crippen LogP contribution < -0.4 is 10.1 Å². The molecule has 0 saturated heterocycles. The number of carbonyl (C=O) groups is 1. The first-order valence-electron chi connectivity index (χ1n) is 6.68. The highest BCUT2D eigenvalue weighted by Crippen LogP contribution is 2.22. The lowest BCUT2D eigenvalue weighted by Gasteiger charge is -2.14. The van der Waals surface area contributed by atoms with E-state index in [1.165, 1.54) is 12.3 Å². The normalized spacial score (nSPS) is 13.7. The highest BCUT2D eigenvalue weighted by atomic mass is 35.5. The van der Waals surface area contributed by atoms with Gasteiger partial charge in [0, 0.05) is 12.7 Å². The molecular weight excluding hydrogens is 280 g/mol. The fraction of sp³-hybridized carbons (Fsp3) is 0.571. The van der Waals surface area contributed by atoms with Crippen molar-refractivity contribution in [2.75, 3.05) is 13.2 Å². The van der Waals surface area contributed by atoms with E-state index in [0.29, 0.717) is 36.0 Å². The molecule has 6 heteroatoms. The van der Waals surface area contributed by atoms with Crippen LogP contribution in [0.5, 0.6) is 5.88 Å². The Bertz CT molecular complexity index is 452. The maximum Gasteiger partial charge on any atom is 0.252 e. The Morgan fingerprint density at radius 3 is 2.80 bits per heavy atom. The average Bonchev–Trinajstić information content (AvgIpc) is 2.37. The van der Waals surface area contributed by atoms with Gasteiger partial charge in [0.25, 0.3) is 5.91 Å². The zero-order valence-electron chi connectivity index (χ0n) is 12.0. The van der Waals surface area contributed by atoms with Gasteiger partial charge in [-0.1, -0.05) is 18.5 Å². The summed E-state index contributed by atoms with van der Waals surface area (Å²) in [5.74, 6) is 0.290. The Labute approximate surface area is 124 Å². The second-order valence-electron chi connectivity index (χ2n) is 4.84. The smallest absolute Gasteiger partial charge is 0.252 e. The van der Waals surface area contributed by atoms with Crippen LogP contribution in [0.1, 0.15) is 37.6 Å². The van der Waals surface area contributed by atoms with E-state index in [9.17, 15) is 9.90 Å². The number of hydrogen-bond acceptors (Lipinski definition) is 4. The lowest BCUT2D eigenvalue weighted by atomic mass is 10.0. The van der Waals surface area contributed by atoms with E-state index in [0.717, 1.165) is 0 Å². The van der Waals surface area contributed by atoms with Gasteiger partial charge in [-0.2, -0.15) is 0 Å². The van der Waals surface area contributed by atoms with Crippen molar-refractivity contribution < 1.29 is 14.6 Å². The number of nitrogens with zero attached hydrogens (tertiary/aromatic N) is 1. The number of aromatic nitrogens is 1. The highest BCUT2D eigenvalue weighted by Gasteiger charge is 2.12. The summed E-state index contributed by atoms with van der Waals surface area (Å²) in [7, 11) is 0. The van der Waals surface area contributed by atoms with Crippen molar-refractivity contribution in [1.29, 1.82) is 0 Å². The molecule has 2 atom stereocenters. The molecule has 112 valence electrons. The van der Waals surface area contributed by atoms with Crippen LogP contribution in [0.25, 0.3) is 0 Å². The van der Waals surface area contributed by atoms with Gasteiger partial charge in [-0.3, -0.25) is 4.79 Å². The summed E-state index contributed by atoms with van der Waals surface area (Å²) in [6.45, 7) is 6.50. The van der Waals surface area contributed by atoms with Gasteiger partial charge in [0.05, 0.1) is 18.3 Å². The number of halogens is 1. The Morgan fingerprint density at radius 2 is 2.25 bits per heavy atom. The maximum atomic E-state index is 11.9. The molecule has 1 aromatic heterocycles. The molecule has 1 rings (SSSR count). The van der Waals surface area contributed by atoms with Gasteiger partial charge in [-0.25, -0.2) is 4.98 Å². The Morgan fingerprint density at radius 1 is 1.55 bits per heavy atom. The molecule has 1 aromatic rings. The second-order valence-corrected chi connectivity index (χ2v) is 5.25. The lowest BCUT2D eigenvalue weighted by molar-refractivity contribution is 0.0939. The number of aliphatic hydroxyl groups excluding tert-OH is 1. The molecule has 2 N–H and O–H groups in total. The molecule has 20 heavy (non-hydrogen) atoms. The lowest BCUT2D eigenvalue weighted by Crippen LogP contribution is -2.29. The van der Waals surface area contributed by atoms with Crippen molar-refractivity contribution in [2.24, 2.45) is 5.92 Å².